The first-order valence-corrected chi connectivity index (χ1v) is 8.14. The highest BCUT2D eigenvalue weighted by molar-refractivity contribution is 5.93. The number of amides is 2. The molecular formula is C17H25N3O3. The fourth-order valence-corrected chi connectivity index (χ4v) is 2.70. The van der Waals surface area contributed by atoms with E-state index in [-0.39, 0.29) is 6.03 Å². The molecule has 0 bridgehead atoms. The standard InChI is InChI=1S/C17H25N3O3/c1-23-16(21)14-7-5-8-15(13-14)19-17(22)18-9-6-12-20-10-3-2-4-11-20/h5,7-8,13H,2-4,6,9-12H2,1H3,(H2,18,19,22). The Morgan fingerprint density at radius 2 is 2.00 bits per heavy atom. The van der Waals surface area contributed by atoms with Gasteiger partial charge in [0.2, 0.25) is 0 Å². The number of nitrogens with zero attached hydrogens (tertiary/aromatic N) is 1. The van der Waals surface area contributed by atoms with Gasteiger partial charge in [-0.2, -0.15) is 0 Å². The molecule has 0 radical (unpaired) electrons. The van der Waals surface area contributed by atoms with Crippen molar-refractivity contribution in [1.82, 2.24) is 10.2 Å². The van der Waals surface area contributed by atoms with E-state index in [1.807, 2.05) is 0 Å². The Hall–Kier alpha value is -2.08. The van der Waals surface area contributed by atoms with Gasteiger partial charge in [0.25, 0.3) is 0 Å². The van der Waals surface area contributed by atoms with E-state index < -0.39 is 5.97 Å². The molecule has 0 saturated carbocycles. The van der Waals surface area contributed by atoms with Gasteiger partial charge < -0.3 is 20.3 Å². The predicted octanol–water partition coefficient (Wildman–Crippen LogP) is 2.47. The number of carbonyl (C=O) groups is 2. The Kier molecular flexibility index (Phi) is 6.87. The average molecular weight is 319 g/mol. The normalized spacial score (nSPS) is 15.0. The van der Waals surface area contributed by atoms with Gasteiger partial charge in [0, 0.05) is 12.2 Å². The van der Waals surface area contributed by atoms with Crippen LogP contribution in [-0.4, -0.2) is 50.2 Å². The van der Waals surface area contributed by atoms with Crippen molar-refractivity contribution in [3.05, 3.63) is 29.8 Å². The maximum absolute atomic E-state index is 11.9. The molecule has 1 aromatic rings. The first-order chi connectivity index (χ1) is 11.2. The fourth-order valence-electron chi connectivity index (χ4n) is 2.70. The third-order valence-electron chi connectivity index (χ3n) is 3.93. The topological polar surface area (TPSA) is 70.7 Å². The van der Waals surface area contributed by atoms with Crippen LogP contribution >= 0.6 is 0 Å². The summed E-state index contributed by atoms with van der Waals surface area (Å²) in [4.78, 5) is 25.8. The summed E-state index contributed by atoms with van der Waals surface area (Å²) in [6.07, 6.45) is 4.84. The Morgan fingerprint density at radius 3 is 2.74 bits per heavy atom. The van der Waals surface area contributed by atoms with Crippen LogP contribution < -0.4 is 10.6 Å². The second-order valence-electron chi connectivity index (χ2n) is 5.71. The third kappa shape index (κ3) is 5.90. The number of likely N-dealkylation sites (tertiary alicyclic amines) is 1. The van der Waals surface area contributed by atoms with Crippen LogP contribution in [0.2, 0.25) is 0 Å². The number of nitrogens with one attached hydrogen (secondary N) is 2. The van der Waals surface area contributed by atoms with Crippen molar-refractivity contribution in [2.24, 2.45) is 0 Å². The number of esters is 1. The highest BCUT2D eigenvalue weighted by atomic mass is 16.5. The number of rotatable bonds is 6. The summed E-state index contributed by atoms with van der Waals surface area (Å²) < 4.78 is 4.66. The minimum atomic E-state index is -0.421. The summed E-state index contributed by atoms with van der Waals surface area (Å²) in [5.74, 6) is -0.421. The zero-order chi connectivity index (χ0) is 16.5. The van der Waals surface area contributed by atoms with Gasteiger partial charge in [0.05, 0.1) is 12.7 Å². The molecule has 0 atom stereocenters. The first-order valence-electron chi connectivity index (χ1n) is 8.14. The first kappa shape index (κ1) is 17.3. The number of hydrogen-bond acceptors (Lipinski definition) is 4. The SMILES string of the molecule is COC(=O)c1cccc(NC(=O)NCCCN2CCCCC2)c1. The monoisotopic (exact) mass is 319 g/mol. The van der Waals surface area contributed by atoms with Crippen LogP contribution in [0.5, 0.6) is 0 Å². The quantitative estimate of drug-likeness (QED) is 0.624. The Labute approximate surface area is 137 Å². The molecule has 1 aliphatic rings. The van der Waals surface area contributed by atoms with Gasteiger partial charge in [-0.3, -0.25) is 0 Å². The Balaban J connectivity index is 1.69. The van der Waals surface area contributed by atoms with E-state index in [4.69, 9.17) is 0 Å². The second-order valence-corrected chi connectivity index (χ2v) is 5.71. The maximum Gasteiger partial charge on any atom is 0.337 e. The van der Waals surface area contributed by atoms with Crippen LogP contribution in [0.4, 0.5) is 10.5 Å². The van der Waals surface area contributed by atoms with Crippen LogP contribution in [0.3, 0.4) is 0 Å². The third-order valence-corrected chi connectivity index (χ3v) is 3.93. The summed E-state index contributed by atoms with van der Waals surface area (Å²) in [6.45, 7) is 4.01. The van der Waals surface area contributed by atoms with Crippen LogP contribution in [0.1, 0.15) is 36.0 Å². The molecule has 0 aliphatic carbocycles. The zero-order valence-electron chi connectivity index (χ0n) is 13.6. The molecule has 1 fully saturated rings. The summed E-state index contributed by atoms with van der Waals surface area (Å²) >= 11 is 0. The minimum Gasteiger partial charge on any atom is -0.465 e. The fraction of sp³-hybridized carbons (Fsp3) is 0.529. The molecule has 1 heterocycles. The Morgan fingerprint density at radius 1 is 1.22 bits per heavy atom. The van der Waals surface area contributed by atoms with Gasteiger partial charge in [-0.15, -0.1) is 0 Å². The molecular weight excluding hydrogens is 294 g/mol. The molecule has 0 aromatic heterocycles. The van der Waals surface area contributed by atoms with E-state index in [1.54, 1.807) is 24.3 Å². The molecule has 2 N–H and O–H groups in total. The molecule has 6 nitrogen and oxygen atoms in total. The van der Waals surface area contributed by atoms with Crippen molar-refractivity contribution in [2.45, 2.75) is 25.7 Å². The van der Waals surface area contributed by atoms with Crippen molar-refractivity contribution in [2.75, 3.05) is 38.6 Å². The van der Waals surface area contributed by atoms with Crippen LogP contribution in [0.25, 0.3) is 0 Å². The van der Waals surface area contributed by atoms with E-state index in [0.717, 1.165) is 13.0 Å². The van der Waals surface area contributed by atoms with Crippen molar-refractivity contribution in [3.63, 3.8) is 0 Å². The predicted molar refractivity (Wildman–Crippen MR) is 89.7 cm³/mol. The number of hydrogen-bond donors (Lipinski definition) is 2. The van der Waals surface area contributed by atoms with E-state index in [1.165, 1.54) is 39.5 Å². The molecule has 2 amide bonds. The lowest BCUT2D eigenvalue weighted by Crippen LogP contribution is -2.34. The van der Waals surface area contributed by atoms with Crippen molar-refractivity contribution >= 4 is 17.7 Å². The molecule has 1 saturated heterocycles. The van der Waals surface area contributed by atoms with Gasteiger partial charge in [0.1, 0.15) is 0 Å². The average Bonchev–Trinajstić information content (AvgIpc) is 2.59. The van der Waals surface area contributed by atoms with Gasteiger partial charge >= 0.3 is 12.0 Å². The number of piperidine rings is 1. The van der Waals surface area contributed by atoms with Gasteiger partial charge in [0.15, 0.2) is 0 Å². The number of benzene rings is 1. The maximum atomic E-state index is 11.9. The van der Waals surface area contributed by atoms with Crippen LogP contribution in [0, 0.1) is 0 Å². The van der Waals surface area contributed by atoms with E-state index in [0.29, 0.717) is 17.8 Å². The van der Waals surface area contributed by atoms with Crippen LogP contribution in [-0.2, 0) is 4.74 Å². The Bertz CT molecular complexity index is 528. The molecule has 1 aromatic carbocycles. The van der Waals surface area contributed by atoms with Gasteiger partial charge in [-0.1, -0.05) is 12.5 Å². The number of anilines is 1. The summed E-state index contributed by atoms with van der Waals surface area (Å²) in [6, 6.07) is 6.43. The van der Waals surface area contributed by atoms with E-state index in [2.05, 4.69) is 20.3 Å². The molecule has 0 unspecified atom stereocenters. The lowest BCUT2D eigenvalue weighted by molar-refractivity contribution is 0.0600. The molecule has 23 heavy (non-hydrogen) atoms. The lowest BCUT2D eigenvalue weighted by atomic mass is 10.1. The summed E-state index contributed by atoms with van der Waals surface area (Å²) in [7, 11) is 1.33. The second kappa shape index (κ2) is 9.15. The molecule has 126 valence electrons. The smallest absolute Gasteiger partial charge is 0.337 e. The zero-order valence-corrected chi connectivity index (χ0v) is 13.6. The summed E-state index contributed by atoms with van der Waals surface area (Å²) in [5, 5.41) is 5.57. The van der Waals surface area contributed by atoms with E-state index >= 15 is 0 Å². The van der Waals surface area contributed by atoms with Gasteiger partial charge in [-0.05, 0) is 57.1 Å². The lowest BCUT2D eigenvalue weighted by Gasteiger charge is -2.26. The number of methoxy groups -OCH3 is 1. The van der Waals surface area contributed by atoms with E-state index in [9.17, 15) is 9.59 Å². The molecule has 0 spiro atoms. The highest BCUT2D eigenvalue weighted by Crippen LogP contribution is 2.11. The van der Waals surface area contributed by atoms with Crippen molar-refractivity contribution in [3.8, 4) is 0 Å². The molecule has 6 heteroatoms. The number of ether oxygens (including phenoxy) is 1. The minimum absolute atomic E-state index is 0.259. The number of carbonyl (C=O) groups excluding carboxylic acids is 2. The largest absolute Gasteiger partial charge is 0.465 e. The van der Waals surface area contributed by atoms with Crippen LogP contribution in [0.15, 0.2) is 24.3 Å². The highest BCUT2D eigenvalue weighted by Gasteiger charge is 2.10. The molecule has 2 rings (SSSR count). The van der Waals surface area contributed by atoms with Crippen molar-refractivity contribution < 1.29 is 14.3 Å². The number of urea groups is 1. The summed E-state index contributed by atoms with van der Waals surface area (Å²) in [5.41, 5.74) is 0.983. The molecule has 1 aliphatic heterocycles. The van der Waals surface area contributed by atoms with Gasteiger partial charge in [-0.25, -0.2) is 9.59 Å². The van der Waals surface area contributed by atoms with Crippen molar-refractivity contribution in [1.29, 1.82) is 0 Å².